The molecule has 0 bridgehead atoms. The summed E-state index contributed by atoms with van der Waals surface area (Å²) in [6.45, 7) is 8.65. The molecule has 1 amide bonds. The Balaban J connectivity index is 1.66. The SMILES string of the molecule is CC(C)(C)N(Cc1ccc(Br)cc1)C(=O)C1CCN(c2ccc(C=O)cc2)CC1. The summed E-state index contributed by atoms with van der Waals surface area (Å²) in [6.07, 6.45) is 2.56. The highest BCUT2D eigenvalue weighted by Gasteiger charge is 2.33. The second-order valence-electron chi connectivity index (χ2n) is 8.69. The Morgan fingerprint density at radius 3 is 2.17 bits per heavy atom. The summed E-state index contributed by atoms with van der Waals surface area (Å²) < 4.78 is 1.04. The molecule has 0 atom stereocenters. The van der Waals surface area contributed by atoms with Crippen LogP contribution in [0.4, 0.5) is 5.69 Å². The molecule has 2 aromatic carbocycles. The number of rotatable bonds is 5. The van der Waals surface area contributed by atoms with Crippen LogP contribution in [0.1, 0.15) is 49.5 Å². The minimum absolute atomic E-state index is 0.0511. The fourth-order valence-electron chi connectivity index (χ4n) is 3.79. The van der Waals surface area contributed by atoms with E-state index in [1.54, 1.807) is 0 Å². The number of hydrogen-bond acceptors (Lipinski definition) is 3. The van der Waals surface area contributed by atoms with Crippen LogP contribution < -0.4 is 4.90 Å². The molecule has 0 saturated carbocycles. The number of carbonyl (C=O) groups excluding carboxylic acids is 2. The minimum atomic E-state index is -0.230. The lowest BCUT2D eigenvalue weighted by molar-refractivity contribution is -0.142. The molecule has 0 aliphatic carbocycles. The fraction of sp³-hybridized carbons (Fsp3) is 0.417. The van der Waals surface area contributed by atoms with Crippen molar-refractivity contribution in [1.82, 2.24) is 4.90 Å². The van der Waals surface area contributed by atoms with Gasteiger partial charge in [0.25, 0.3) is 0 Å². The summed E-state index contributed by atoms with van der Waals surface area (Å²) in [4.78, 5) is 28.6. The number of aldehydes is 1. The van der Waals surface area contributed by atoms with E-state index in [0.717, 1.165) is 47.9 Å². The van der Waals surface area contributed by atoms with E-state index in [-0.39, 0.29) is 17.4 Å². The molecule has 3 rings (SSSR count). The number of piperidine rings is 1. The first-order chi connectivity index (χ1) is 13.8. The fourth-order valence-corrected chi connectivity index (χ4v) is 4.05. The predicted molar refractivity (Wildman–Crippen MR) is 121 cm³/mol. The Morgan fingerprint density at radius 2 is 1.66 bits per heavy atom. The first-order valence-electron chi connectivity index (χ1n) is 10.1. The number of carbonyl (C=O) groups is 2. The van der Waals surface area contributed by atoms with Crippen LogP contribution in [-0.4, -0.2) is 35.7 Å². The molecule has 5 heteroatoms. The molecule has 0 spiro atoms. The van der Waals surface area contributed by atoms with Crippen molar-refractivity contribution >= 4 is 33.8 Å². The molecule has 1 aliphatic rings. The van der Waals surface area contributed by atoms with Gasteiger partial charge in [-0.25, -0.2) is 0 Å². The normalized spacial score (nSPS) is 15.2. The third kappa shape index (κ3) is 5.47. The van der Waals surface area contributed by atoms with Crippen LogP contribution in [0.2, 0.25) is 0 Å². The van der Waals surface area contributed by atoms with Crippen LogP contribution in [0.3, 0.4) is 0 Å². The Morgan fingerprint density at radius 1 is 1.07 bits per heavy atom. The maximum Gasteiger partial charge on any atom is 0.226 e. The van der Waals surface area contributed by atoms with E-state index in [0.29, 0.717) is 12.1 Å². The van der Waals surface area contributed by atoms with Gasteiger partial charge in [-0.1, -0.05) is 28.1 Å². The van der Waals surface area contributed by atoms with Gasteiger partial charge in [-0.05, 0) is 75.6 Å². The quantitative estimate of drug-likeness (QED) is 0.572. The summed E-state index contributed by atoms with van der Waals surface area (Å²) in [5, 5.41) is 0. The van der Waals surface area contributed by atoms with Crippen molar-refractivity contribution in [2.24, 2.45) is 5.92 Å². The highest BCUT2D eigenvalue weighted by molar-refractivity contribution is 9.10. The average Bonchev–Trinajstić information content (AvgIpc) is 2.72. The number of amides is 1. The van der Waals surface area contributed by atoms with Gasteiger partial charge in [-0.2, -0.15) is 0 Å². The van der Waals surface area contributed by atoms with Crippen molar-refractivity contribution in [3.05, 3.63) is 64.1 Å². The van der Waals surface area contributed by atoms with Gasteiger partial charge in [-0.3, -0.25) is 9.59 Å². The van der Waals surface area contributed by atoms with Gasteiger partial charge in [-0.15, -0.1) is 0 Å². The highest BCUT2D eigenvalue weighted by Crippen LogP contribution is 2.28. The van der Waals surface area contributed by atoms with E-state index in [4.69, 9.17) is 0 Å². The van der Waals surface area contributed by atoms with Crippen molar-refractivity contribution in [1.29, 1.82) is 0 Å². The summed E-state index contributed by atoms with van der Waals surface area (Å²) in [7, 11) is 0. The van der Waals surface area contributed by atoms with Crippen molar-refractivity contribution in [2.75, 3.05) is 18.0 Å². The van der Waals surface area contributed by atoms with Crippen LogP contribution in [0.25, 0.3) is 0 Å². The lowest BCUT2D eigenvalue weighted by Crippen LogP contribution is -2.49. The van der Waals surface area contributed by atoms with Gasteiger partial charge in [0.05, 0.1) is 0 Å². The molecule has 1 saturated heterocycles. The molecule has 0 unspecified atom stereocenters. The smallest absolute Gasteiger partial charge is 0.226 e. The van der Waals surface area contributed by atoms with Gasteiger partial charge in [0.2, 0.25) is 5.91 Å². The van der Waals surface area contributed by atoms with E-state index in [1.807, 2.05) is 41.3 Å². The van der Waals surface area contributed by atoms with Gasteiger partial charge >= 0.3 is 0 Å². The van der Waals surface area contributed by atoms with Crippen molar-refractivity contribution in [2.45, 2.75) is 45.7 Å². The molecule has 1 aliphatic heterocycles. The summed E-state index contributed by atoms with van der Waals surface area (Å²) in [6, 6.07) is 15.9. The highest BCUT2D eigenvalue weighted by atomic mass is 79.9. The van der Waals surface area contributed by atoms with Gasteiger partial charge in [0.15, 0.2) is 0 Å². The van der Waals surface area contributed by atoms with Crippen molar-refractivity contribution in [3.8, 4) is 0 Å². The monoisotopic (exact) mass is 456 g/mol. The predicted octanol–water partition coefficient (Wildman–Crippen LogP) is 5.31. The van der Waals surface area contributed by atoms with E-state index < -0.39 is 0 Å². The van der Waals surface area contributed by atoms with E-state index in [9.17, 15) is 9.59 Å². The molecule has 2 aromatic rings. The minimum Gasteiger partial charge on any atom is -0.371 e. The number of nitrogens with zero attached hydrogens (tertiary/aromatic N) is 2. The second-order valence-corrected chi connectivity index (χ2v) is 9.61. The zero-order valence-electron chi connectivity index (χ0n) is 17.4. The molecular weight excluding hydrogens is 428 g/mol. The number of halogens is 1. The number of hydrogen-bond donors (Lipinski definition) is 0. The van der Waals surface area contributed by atoms with Crippen LogP contribution in [0.5, 0.6) is 0 Å². The molecule has 1 fully saturated rings. The Bertz CT molecular complexity index is 833. The number of anilines is 1. The van der Waals surface area contributed by atoms with E-state index in [2.05, 4.69) is 53.7 Å². The maximum atomic E-state index is 13.4. The largest absolute Gasteiger partial charge is 0.371 e. The third-order valence-corrected chi connectivity index (χ3v) is 6.10. The first-order valence-corrected chi connectivity index (χ1v) is 10.9. The van der Waals surface area contributed by atoms with Crippen molar-refractivity contribution < 1.29 is 9.59 Å². The average molecular weight is 457 g/mol. The van der Waals surface area contributed by atoms with Crippen LogP contribution in [0.15, 0.2) is 53.0 Å². The lowest BCUT2D eigenvalue weighted by Gasteiger charge is -2.41. The van der Waals surface area contributed by atoms with Crippen molar-refractivity contribution in [3.63, 3.8) is 0 Å². The van der Waals surface area contributed by atoms with Gasteiger partial charge < -0.3 is 9.80 Å². The molecule has 0 N–H and O–H groups in total. The molecule has 0 radical (unpaired) electrons. The van der Waals surface area contributed by atoms with Gasteiger partial charge in [0.1, 0.15) is 6.29 Å². The standard InChI is InChI=1S/C24H29BrN2O2/c1-24(2,3)27(16-18-4-8-21(25)9-5-18)23(29)20-12-14-26(15-13-20)22-10-6-19(17-28)7-11-22/h4-11,17,20H,12-16H2,1-3H3. The van der Waals surface area contributed by atoms with Crippen LogP contribution >= 0.6 is 15.9 Å². The summed E-state index contributed by atoms with van der Waals surface area (Å²) >= 11 is 3.47. The van der Waals surface area contributed by atoms with E-state index in [1.165, 1.54) is 0 Å². The zero-order chi connectivity index (χ0) is 21.0. The molecule has 0 aromatic heterocycles. The topological polar surface area (TPSA) is 40.6 Å². The second kappa shape index (κ2) is 9.12. The van der Waals surface area contributed by atoms with E-state index >= 15 is 0 Å². The lowest BCUT2D eigenvalue weighted by atomic mass is 9.92. The molecule has 4 nitrogen and oxygen atoms in total. The number of benzene rings is 2. The first kappa shape index (κ1) is 21.6. The van der Waals surface area contributed by atoms with Crippen LogP contribution in [-0.2, 0) is 11.3 Å². The molecular formula is C24H29BrN2O2. The Hall–Kier alpha value is -2.14. The van der Waals surface area contributed by atoms with Crippen LogP contribution in [0, 0.1) is 5.92 Å². The maximum absolute atomic E-state index is 13.4. The molecule has 1 heterocycles. The zero-order valence-corrected chi connectivity index (χ0v) is 19.0. The third-order valence-electron chi connectivity index (χ3n) is 5.57. The molecule has 154 valence electrons. The summed E-state index contributed by atoms with van der Waals surface area (Å²) in [5.41, 5.74) is 2.71. The van der Waals surface area contributed by atoms with Gasteiger partial charge in [0, 0.05) is 46.8 Å². The molecule has 29 heavy (non-hydrogen) atoms. The Kier molecular flexibility index (Phi) is 6.78. The summed E-state index contributed by atoms with van der Waals surface area (Å²) in [5.74, 6) is 0.298. The Labute approximate surface area is 182 Å².